The first-order valence-electron chi connectivity index (χ1n) is 7.78. The lowest BCUT2D eigenvalue weighted by Crippen LogP contribution is -2.42. The Kier molecular flexibility index (Phi) is 4.26. The molecule has 0 radical (unpaired) electrons. The Bertz CT molecular complexity index is 952. The molecular formula is C18H18N2O4S. The molecule has 3 rings (SSSR count). The maximum atomic E-state index is 13.1. The maximum Gasteiger partial charge on any atom is 0.279 e. The van der Waals surface area contributed by atoms with Gasteiger partial charge in [0.2, 0.25) is 0 Å². The molecule has 1 aliphatic rings. The topological polar surface area (TPSA) is 77.9 Å². The van der Waals surface area contributed by atoms with Gasteiger partial charge in [-0.15, -0.1) is 0 Å². The molecule has 0 fully saturated rings. The number of nitrogens with zero attached hydrogens (tertiary/aromatic N) is 2. The summed E-state index contributed by atoms with van der Waals surface area (Å²) in [6.45, 7) is 2.11. The molecule has 0 aromatic heterocycles. The molecule has 6 nitrogen and oxygen atoms in total. The van der Waals surface area contributed by atoms with Crippen molar-refractivity contribution in [1.29, 1.82) is 0 Å². The van der Waals surface area contributed by atoms with Gasteiger partial charge in [-0.1, -0.05) is 30.3 Å². The lowest BCUT2D eigenvalue weighted by molar-refractivity contribution is -0.116. The van der Waals surface area contributed by atoms with Crippen LogP contribution in [0.25, 0.3) is 5.76 Å². The van der Waals surface area contributed by atoms with Crippen LogP contribution in [0.1, 0.15) is 12.5 Å². The summed E-state index contributed by atoms with van der Waals surface area (Å²) in [6.07, 6.45) is 0. The van der Waals surface area contributed by atoms with Gasteiger partial charge >= 0.3 is 0 Å². The number of para-hydroxylation sites is 1. The Morgan fingerprint density at radius 3 is 2.32 bits per heavy atom. The van der Waals surface area contributed by atoms with Gasteiger partial charge in [0, 0.05) is 24.8 Å². The fourth-order valence-electron chi connectivity index (χ4n) is 2.85. The standard InChI is InChI=1S/C18H18N2O4S/c1-3-20(13-9-5-4-6-10-13)18(22)16-17(21)14-11-7-8-12-15(14)25(23,24)19(16)2/h4-12,21H,3H2,1-2H3. The van der Waals surface area contributed by atoms with E-state index in [9.17, 15) is 18.3 Å². The normalized spacial score (nSPS) is 15.7. The van der Waals surface area contributed by atoms with Gasteiger partial charge in [-0.3, -0.25) is 9.10 Å². The minimum atomic E-state index is -3.90. The number of hydrogen-bond donors (Lipinski definition) is 1. The second-order valence-corrected chi connectivity index (χ2v) is 7.49. The number of anilines is 1. The molecule has 130 valence electrons. The zero-order valence-electron chi connectivity index (χ0n) is 13.9. The largest absolute Gasteiger partial charge is 0.505 e. The minimum absolute atomic E-state index is 0.0192. The summed E-state index contributed by atoms with van der Waals surface area (Å²) < 4.78 is 26.3. The molecular weight excluding hydrogens is 340 g/mol. The van der Waals surface area contributed by atoms with Crippen molar-refractivity contribution < 1.29 is 18.3 Å². The summed E-state index contributed by atoms with van der Waals surface area (Å²) in [6, 6.07) is 15.0. The van der Waals surface area contributed by atoms with E-state index in [1.807, 2.05) is 6.07 Å². The van der Waals surface area contributed by atoms with Gasteiger partial charge in [0.15, 0.2) is 11.5 Å². The van der Waals surface area contributed by atoms with Crippen molar-refractivity contribution in [3.8, 4) is 0 Å². The van der Waals surface area contributed by atoms with Gasteiger partial charge in [0.1, 0.15) is 0 Å². The average molecular weight is 358 g/mol. The molecule has 7 heteroatoms. The minimum Gasteiger partial charge on any atom is -0.505 e. The Morgan fingerprint density at radius 1 is 1.08 bits per heavy atom. The van der Waals surface area contributed by atoms with Crippen molar-refractivity contribution in [1.82, 2.24) is 4.31 Å². The quantitative estimate of drug-likeness (QED) is 0.915. The van der Waals surface area contributed by atoms with Gasteiger partial charge in [0.05, 0.1) is 4.90 Å². The van der Waals surface area contributed by atoms with Gasteiger partial charge in [-0.25, -0.2) is 8.42 Å². The molecule has 0 saturated carbocycles. The number of carbonyl (C=O) groups is 1. The summed E-state index contributed by atoms with van der Waals surface area (Å²) in [7, 11) is -2.63. The van der Waals surface area contributed by atoms with Crippen LogP contribution in [0.3, 0.4) is 0 Å². The number of aliphatic hydroxyl groups excluding tert-OH is 1. The highest BCUT2D eigenvalue weighted by molar-refractivity contribution is 7.89. The Labute approximate surface area is 146 Å². The summed E-state index contributed by atoms with van der Waals surface area (Å²) >= 11 is 0. The Morgan fingerprint density at radius 2 is 1.68 bits per heavy atom. The average Bonchev–Trinajstić information content (AvgIpc) is 2.62. The lowest BCUT2D eigenvalue weighted by atomic mass is 10.1. The smallest absolute Gasteiger partial charge is 0.279 e. The third kappa shape index (κ3) is 2.66. The van der Waals surface area contributed by atoms with E-state index in [0.29, 0.717) is 12.2 Å². The zero-order chi connectivity index (χ0) is 18.2. The first-order chi connectivity index (χ1) is 11.9. The van der Waals surface area contributed by atoms with E-state index in [2.05, 4.69) is 0 Å². The molecule has 0 unspecified atom stereocenters. The summed E-state index contributed by atoms with van der Waals surface area (Å²) in [5, 5.41) is 10.6. The molecule has 0 saturated heterocycles. The van der Waals surface area contributed by atoms with Gasteiger partial charge in [-0.2, -0.15) is 0 Å². The Hall–Kier alpha value is -2.80. The van der Waals surface area contributed by atoms with E-state index >= 15 is 0 Å². The SMILES string of the molecule is CCN(C(=O)C1=C(O)c2ccccc2S(=O)(=O)N1C)c1ccccc1. The van der Waals surface area contributed by atoms with E-state index in [0.717, 1.165) is 4.31 Å². The third-order valence-corrected chi connectivity index (χ3v) is 5.97. The molecule has 25 heavy (non-hydrogen) atoms. The second-order valence-electron chi connectivity index (χ2n) is 5.55. The monoisotopic (exact) mass is 358 g/mol. The highest BCUT2D eigenvalue weighted by Gasteiger charge is 2.39. The summed E-state index contributed by atoms with van der Waals surface area (Å²) in [4.78, 5) is 14.5. The van der Waals surface area contributed by atoms with Crippen LogP contribution in [-0.4, -0.2) is 37.3 Å². The molecule has 0 atom stereocenters. The van der Waals surface area contributed by atoms with Crippen molar-refractivity contribution in [2.24, 2.45) is 0 Å². The highest BCUT2D eigenvalue weighted by atomic mass is 32.2. The van der Waals surface area contributed by atoms with Gasteiger partial charge in [-0.05, 0) is 31.2 Å². The van der Waals surface area contributed by atoms with Crippen molar-refractivity contribution >= 4 is 27.4 Å². The number of sulfonamides is 1. The molecule has 1 amide bonds. The second kappa shape index (κ2) is 6.25. The van der Waals surface area contributed by atoms with Crippen LogP contribution in [-0.2, 0) is 14.8 Å². The van der Waals surface area contributed by atoms with Crippen LogP contribution in [0.15, 0.2) is 65.2 Å². The molecule has 0 spiro atoms. The van der Waals surface area contributed by atoms with Crippen LogP contribution in [0, 0.1) is 0 Å². The number of carbonyl (C=O) groups excluding carboxylic acids is 1. The van der Waals surface area contributed by atoms with Crippen molar-refractivity contribution in [3.05, 3.63) is 65.9 Å². The summed E-state index contributed by atoms with van der Waals surface area (Å²) in [5.74, 6) is -0.918. The summed E-state index contributed by atoms with van der Waals surface area (Å²) in [5.41, 5.74) is 0.498. The van der Waals surface area contributed by atoms with Gasteiger partial charge in [0.25, 0.3) is 15.9 Å². The molecule has 1 N–H and O–H groups in total. The fourth-order valence-corrected chi connectivity index (χ4v) is 4.24. The van der Waals surface area contributed by atoms with Crippen LogP contribution in [0.4, 0.5) is 5.69 Å². The lowest BCUT2D eigenvalue weighted by Gasteiger charge is -2.31. The molecule has 2 aromatic carbocycles. The van der Waals surface area contributed by atoms with E-state index in [-0.39, 0.29) is 21.9 Å². The first kappa shape index (κ1) is 17.0. The third-order valence-electron chi connectivity index (χ3n) is 4.15. The van der Waals surface area contributed by atoms with E-state index in [1.54, 1.807) is 43.3 Å². The highest BCUT2D eigenvalue weighted by Crippen LogP contribution is 2.35. The number of benzene rings is 2. The fraction of sp³-hybridized carbons (Fsp3) is 0.167. The first-order valence-corrected chi connectivity index (χ1v) is 9.22. The van der Waals surface area contributed by atoms with Gasteiger partial charge < -0.3 is 10.0 Å². The number of likely N-dealkylation sites (N-methyl/N-ethyl adjacent to an activating group) is 2. The number of fused-ring (bicyclic) bond motifs is 1. The van der Waals surface area contributed by atoms with Crippen LogP contribution >= 0.6 is 0 Å². The molecule has 0 aliphatic carbocycles. The molecule has 0 bridgehead atoms. The maximum absolute atomic E-state index is 13.1. The molecule has 1 heterocycles. The van der Waals surface area contributed by atoms with Crippen molar-refractivity contribution in [2.45, 2.75) is 11.8 Å². The number of hydrogen-bond acceptors (Lipinski definition) is 4. The van der Waals surface area contributed by atoms with E-state index in [4.69, 9.17) is 0 Å². The van der Waals surface area contributed by atoms with Crippen molar-refractivity contribution in [3.63, 3.8) is 0 Å². The van der Waals surface area contributed by atoms with Crippen molar-refractivity contribution in [2.75, 3.05) is 18.5 Å². The predicted octanol–water partition coefficient (Wildman–Crippen LogP) is 2.60. The molecule has 2 aromatic rings. The zero-order valence-corrected chi connectivity index (χ0v) is 14.7. The Balaban J connectivity index is 2.17. The van der Waals surface area contributed by atoms with E-state index in [1.165, 1.54) is 24.1 Å². The van der Waals surface area contributed by atoms with Crippen LogP contribution in [0.2, 0.25) is 0 Å². The predicted molar refractivity (Wildman–Crippen MR) is 95.4 cm³/mol. The molecule has 1 aliphatic heterocycles. The van der Waals surface area contributed by atoms with Crippen LogP contribution < -0.4 is 4.90 Å². The number of rotatable bonds is 3. The number of amides is 1. The number of aliphatic hydroxyl groups is 1. The van der Waals surface area contributed by atoms with Crippen LogP contribution in [0.5, 0.6) is 0 Å². The van der Waals surface area contributed by atoms with E-state index < -0.39 is 15.9 Å².